The summed E-state index contributed by atoms with van der Waals surface area (Å²) in [5.41, 5.74) is 7.33. The Morgan fingerprint density at radius 3 is 2.47 bits per heavy atom. The molecule has 0 saturated heterocycles. The smallest absolute Gasteiger partial charge is 0.142 e. The van der Waals surface area contributed by atoms with Crippen LogP contribution in [-0.4, -0.2) is 9.97 Å². The van der Waals surface area contributed by atoms with Gasteiger partial charge in [0.25, 0.3) is 0 Å². The Labute approximate surface area is 114 Å². The molecule has 92 valence electrons. The minimum Gasteiger partial charge on any atom is -0.383 e. The third kappa shape index (κ3) is 3.01. The van der Waals surface area contributed by atoms with Crippen molar-refractivity contribution in [1.29, 1.82) is 10.5 Å². The molecule has 0 aliphatic heterocycles. The number of nitrogens with two attached hydrogens (primary N) is 1. The molecule has 2 N–H and O–H groups in total. The lowest BCUT2D eigenvalue weighted by atomic mass is 10.2. The van der Waals surface area contributed by atoms with Gasteiger partial charge in [-0.1, -0.05) is 0 Å². The van der Waals surface area contributed by atoms with Crippen molar-refractivity contribution >= 4 is 17.6 Å². The summed E-state index contributed by atoms with van der Waals surface area (Å²) in [6.45, 7) is 0. The summed E-state index contributed by atoms with van der Waals surface area (Å²) in [5.74, 6) is 0.814. The van der Waals surface area contributed by atoms with Gasteiger partial charge in [0.15, 0.2) is 0 Å². The molecule has 2 heterocycles. The van der Waals surface area contributed by atoms with Crippen molar-refractivity contribution in [3.8, 4) is 12.1 Å². The molecule has 5 nitrogen and oxygen atoms in total. The van der Waals surface area contributed by atoms with Crippen LogP contribution in [0.5, 0.6) is 0 Å². The van der Waals surface area contributed by atoms with Crippen molar-refractivity contribution in [3.63, 3.8) is 0 Å². The van der Waals surface area contributed by atoms with Gasteiger partial charge in [-0.2, -0.15) is 10.5 Å². The largest absolute Gasteiger partial charge is 0.383 e. The van der Waals surface area contributed by atoms with Crippen molar-refractivity contribution in [2.75, 3.05) is 5.73 Å². The Kier molecular flexibility index (Phi) is 3.97. The zero-order chi connectivity index (χ0) is 13.7. The number of aromatic nitrogens is 2. The second-order valence-corrected chi connectivity index (χ2v) is 4.61. The molecule has 0 spiro atoms. The molecular weight excluding hydrogens is 258 g/mol. The van der Waals surface area contributed by atoms with Gasteiger partial charge in [-0.05, 0) is 23.8 Å². The van der Waals surface area contributed by atoms with E-state index in [1.807, 2.05) is 24.3 Å². The molecule has 0 bridgehead atoms. The van der Waals surface area contributed by atoms with Crippen LogP contribution in [0.25, 0.3) is 0 Å². The summed E-state index contributed by atoms with van der Waals surface area (Å²) in [4.78, 5) is 8.05. The van der Waals surface area contributed by atoms with Gasteiger partial charge >= 0.3 is 0 Å². The number of thioether (sulfide) groups is 1. The molecule has 0 radical (unpaired) electrons. The van der Waals surface area contributed by atoms with Gasteiger partial charge in [0, 0.05) is 18.1 Å². The number of anilines is 1. The molecule has 0 aliphatic rings. The SMILES string of the molecule is N#Cc1cc(C#N)c(SCc2ccncc2)nc1N. The van der Waals surface area contributed by atoms with Crippen LogP contribution in [-0.2, 0) is 5.75 Å². The van der Waals surface area contributed by atoms with Crippen LogP contribution >= 0.6 is 11.8 Å². The molecule has 0 saturated carbocycles. The second-order valence-electron chi connectivity index (χ2n) is 3.64. The number of hydrogen-bond acceptors (Lipinski definition) is 6. The van der Waals surface area contributed by atoms with E-state index in [1.165, 1.54) is 17.8 Å². The number of nitrogen functional groups attached to an aromatic ring is 1. The average molecular weight is 267 g/mol. The van der Waals surface area contributed by atoms with Crippen molar-refractivity contribution in [2.24, 2.45) is 0 Å². The highest BCUT2D eigenvalue weighted by Crippen LogP contribution is 2.26. The maximum Gasteiger partial charge on any atom is 0.142 e. The summed E-state index contributed by atoms with van der Waals surface area (Å²) >= 11 is 1.41. The van der Waals surface area contributed by atoms with E-state index in [4.69, 9.17) is 16.3 Å². The van der Waals surface area contributed by atoms with Gasteiger partial charge in [-0.25, -0.2) is 4.98 Å². The summed E-state index contributed by atoms with van der Waals surface area (Å²) in [6, 6.07) is 9.21. The predicted octanol–water partition coefficient (Wildman–Crippen LogP) is 2.09. The fourth-order valence-corrected chi connectivity index (χ4v) is 2.34. The Hall–Kier alpha value is -2.57. The zero-order valence-corrected chi connectivity index (χ0v) is 10.7. The minimum absolute atomic E-state index is 0.152. The van der Waals surface area contributed by atoms with Crippen molar-refractivity contribution < 1.29 is 0 Å². The number of hydrogen-bond donors (Lipinski definition) is 1. The molecular formula is C13H9N5S. The van der Waals surface area contributed by atoms with Crippen LogP contribution in [0.4, 0.5) is 5.82 Å². The first-order valence-corrected chi connectivity index (χ1v) is 6.35. The van der Waals surface area contributed by atoms with Gasteiger partial charge < -0.3 is 5.73 Å². The molecule has 2 rings (SSSR count). The fourth-order valence-electron chi connectivity index (χ4n) is 1.42. The first-order valence-electron chi connectivity index (χ1n) is 5.37. The predicted molar refractivity (Wildman–Crippen MR) is 71.9 cm³/mol. The molecule has 19 heavy (non-hydrogen) atoms. The lowest BCUT2D eigenvalue weighted by molar-refractivity contribution is 1.11. The molecule has 2 aromatic heterocycles. The van der Waals surface area contributed by atoms with Crippen LogP contribution in [0.15, 0.2) is 35.6 Å². The normalized spacial score (nSPS) is 9.58. The van der Waals surface area contributed by atoms with E-state index in [2.05, 4.69) is 9.97 Å². The Morgan fingerprint density at radius 2 is 1.84 bits per heavy atom. The van der Waals surface area contributed by atoms with E-state index in [-0.39, 0.29) is 11.4 Å². The molecule has 6 heteroatoms. The second kappa shape index (κ2) is 5.85. The van der Waals surface area contributed by atoms with E-state index in [9.17, 15) is 0 Å². The van der Waals surface area contributed by atoms with Gasteiger partial charge in [-0.3, -0.25) is 4.98 Å². The van der Waals surface area contributed by atoms with Crippen molar-refractivity contribution in [2.45, 2.75) is 10.8 Å². The summed E-state index contributed by atoms with van der Waals surface area (Å²) in [7, 11) is 0. The van der Waals surface area contributed by atoms with Crippen molar-refractivity contribution in [3.05, 3.63) is 47.3 Å². The molecule has 0 aromatic carbocycles. The fraction of sp³-hybridized carbons (Fsp3) is 0.0769. The third-order valence-electron chi connectivity index (χ3n) is 2.38. The Morgan fingerprint density at radius 1 is 1.16 bits per heavy atom. The lowest BCUT2D eigenvalue weighted by Gasteiger charge is -2.05. The van der Waals surface area contributed by atoms with Crippen LogP contribution in [0.3, 0.4) is 0 Å². The summed E-state index contributed by atoms with van der Waals surface area (Å²) in [6.07, 6.45) is 3.42. The summed E-state index contributed by atoms with van der Waals surface area (Å²) < 4.78 is 0. The first-order chi connectivity index (χ1) is 9.24. The number of rotatable bonds is 3. The molecule has 0 unspecified atom stereocenters. The van der Waals surface area contributed by atoms with Crippen LogP contribution < -0.4 is 5.73 Å². The van der Waals surface area contributed by atoms with Crippen LogP contribution in [0.1, 0.15) is 16.7 Å². The maximum atomic E-state index is 9.06. The standard InChI is InChI=1S/C13H9N5S/c14-6-10-5-11(7-15)13(18-12(10)16)19-8-9-1-3-17-4-2-9/h1-5H,8H2,(H2,16,18). The number of pyridine rings is 2. The first kappa shape index (κ1) is 12.9. The molecule has 0 atom stereocenters. The van der Waals surface area contributed by atoms with E-state index in [0.29, 0.717) is 16.3 Å². The highest BCUT2D eigenvalue weighted by molar-refractivity contribution is 7.98. The van der Waals surface area contributed by atoms with E-state index in [1.54, 1.807) is 12.4 Å². The lowest BCUT2D eigenvalue weighted by Crippen LogP contribution is -1.99. The van der Waals surface area contributed by atoms with Crippen LogP contribution in [0.2, 0.25) is 0 Å². The van der Waals surface area contributed by atoms with Gasteiger partial charge in [0.2, 0.25) is 0 Å². The number of nitriles is 2. The average Bonchev–Trinajstić information content (AvgIpc) is 2.46. The quantitative estimate of drug-likeness (QED) is 0.855. The van der Waals surface area contributed by atoms with E-state index in [0.717, 1.165) is 5.56 Å². The Balaban J connectivity index is 2.24. The van der Waals surface area contributed by atoms with Crippen LogP contribution in [0, 0.1) is 22.7 Å². The summed E-state index contributed by atoms with van der Waals surface area (Å²) in [5, 5.41) is 18.4. The van der Waals surface area contributed by atoms with Crippen molar-refractivity contribution in [1.82, 2.24) is 9.97 Å². The zero-order valence-electron chi connectivity index (χ0n) is 9.87. The van der Waals surface area contributed by atoms with E-state index < -0.39 is 0 Å². The molecule has 2 aromatic rings. The molecule has 0 amide bonds. The molecule has 0 aliphatic carbocycles. The molecule has 0 fully saturated rings. The Bertz CT molecular complexity index is 670. The minimum atomic E-state index is 0.152. The third-order valence-corrected chi connectivity index (χ3v) is 3.45. The highest BCUT2D eigenvalue weighted by atomic mass is 32.2. The highest BCUT2D eigenvalue weighted by Gasteiger charge is 2.10. The van der Waals surface area contributed by atoms with Gasteiger partial charge in [-0.15, -0.1) is 11.8 Å². The van der Waals surface area contributed by atoms with Gasteiger partial charge in [0.1, 0.15) is 23.0 Å². The number of nitrogens with zero attached hydrogens (tertiary/aromatic N) is 4. The van der Waals surface area contributed by atoms with E-state index >= 15 is 0 Å². The monoisotopic (exact) mass is 267 g/mol. The maximum absolute atomic E-state index is 9.06. The van der Waals surface area contributed by atoms with Gasteiger partial charge in [0.05, 0.1) is 11.1 Å². The topological polar surface area (TPSA) is 99.4 Å².